The van der Waals surface area contributed by atoms with Crippen molar-refractivity contribution >= 4 is 11.8 Å². The van der Waals surface area contributed by atoms with Gasteiger partial charge < -0.3 is 10.1 Å². The van der Waals surface area contributed by atoms with Crippen molar-refractivity contribution in [2.75, 3.05) is 32.8 Å². The van der Waals surface area contributed by atoms with E-state index >= 15 is 0 Å². The lowest BCUT2D eigenvalue weighted by Crippen LogP contribution is -2.36. The average Bonchev–Trinajstić information content (AvgIpc) is 2.60. The molecule has 0 aromatic carbocycles. The van der Waals surface area contributed by atoms with Crippen LogP contribution >= 0.6 is 0 Å². The SMILES string of the molecule is CCNCCOCCN1C(=O)CC(C(C)(C)C)C1=O. The third-order valence-electron chi connectivity index (χ3n) is 3.42. The molecular weight excluding hydrogens is 244 g/mol. The van der Waals surface area contributed by atoms with Gasteiger partial charge in [0.2, 0.25) is 11.8 Å². The number of likely N-dealkylation sites (tertiary alicyclic amines) is 1. The van der Waals surface area contributed by atoms with E-state index in [0.717, 1.165) is 13.1 Å². The Bertz CT molecular complexity index is 323. The minimum Gasteiger partial charge on any atom is -0.378 e. The zero-order valence-electron chi connectivity index (χ0n) is 12.5. The summed E-state index contributed by atoms with van der Waals surface area (Å²) in [5.74, 6) is -0.310. The molecule has 1 atom stereocenters. The molecule has 110 valence electrons. The molecule has 0 saturated carbocycles. The number of nitrogens with one attached hydrogen (secondary N) is 1. The van der Waals surface area contributed by atoms with Crippen molar-refractivity contribution in [3.63, 3.8) is 0 Å². The number of carbonyl (C=O) groups is 2. The molecule has 1 rings (SSSR count). The Balaban J connectivity index is 2.34. The van der Waals surface area contributed by atoms with Crippen LogP contribution in [-0.2, 0) is 14.3 Å². The molecule has 5 nitrogen and oxygen atoms in total. The van der Waals surface area contributed by atoms with Gasteiger partial charge >= 0.3 is 0 Å². The number of nitrogens with zero attached hydrogens (tertiary/aromatic N) is 1. The third-order valence-corrected chi connectivity index (χ3v) is 3.42. The number of amides is 2. The Labute approximate surface area is 115 Å². The summed E-state index contributed by atoms with van der Waals surface area (Å²) in [5.41, 5.74) is -0.159. The zero-order chi connectivity index (χ0) is 14.5. The van der Waals surface area contributed by atoms with Gasteiger partial charge in [0.15, 0.2) is 0 Å². The highest BCUT2D eigenvalue weighted by molar-refractivity contribution is 6.03. The number of imide groups is 1. The second-order valence-corrected chi connectivity index (χ2v) is 5.97. The van der Waals surface area contributed by atoms with E-state index in [1.165, 1.54) is 4.90 Å². The average molecular weight is 270 g/mol. The Morgan fingerprint density at radius 3 is 2.53 bits per heavy atom. The fourth-order valence-electron chi connectivity index (χ4n) is 2.17. The first kappa shape index (κ1) is 16.1. The van der Waals surface area contributed by atoms with Crippen LogP contribution in [0, 0.1) is 11.3 Å². The lowest BCUT2D eigenvalue weighted by Gasteiger charge is -2.24. The molecule has 0 radical (unpaired) electrons. The number of rotatable bonds is 7. The molecule has 1 N–H and O–H groups in total. The van der Waals surface area contributed by atoms with Gasteiger partial charge in [0.1, 0.15) is 0 Å². The summed E-state index contributed by atoms with van der Waals surface area (Å²) in [6, 6.07) is 0. The molecule has 1 fully saturated rings. The number of hydrogen-bond acceptors (Lipinski definition) is 4. The van der Waals surface area contributed by atoms with Gasteiger partial charge in [-0.2, -0.15) is 0 Å². The molecule has 1 aliphatic heterocycles. The second-order valence-electron chi connectivity index (χ2n) is 5.97. The van der Waals surface area contributed by atoms with E-state index in [2.05, 4.69) is 5.32 Å². The quantitative estimate of drug-likeness (QED) is 0.554. The van der Waals surface area contributed by atoms with Crippen LogP contribution in [0.5, 0.6) is 0 Å². The van der Waals surface area contributed by atoms with Crippen LogP contribution in [0.25, 0.3) is 0 Å². The molecule has 1 saturated heterocycles. The fourth-order valence-corrected chi connectivity index (χ4v) is 2.17. The maximum Gasteiger partial charge on any atom is 0.233 e. The molecule has 2 amide bonds. The lowest BCUT2D eigenvalue weighted by atomic mass is 9.80. The third kappa shape index (κ3) is 4.58. The fraction of sp³-hybridized carbons (Fsp3) is 0.857. The van der Waals surface area contributed by atoms with Crippen LogP contribution in [0.15, 0.2) is 0 Å². The van der Waals surface area contributed by atoms with Gasteiger partial charge in [-0.1, -0.05) is 27.7 Å². The Kier molecular flexibility index (Phi) is 5.94. The van der Waals surface area contributed by atoms with Gasteiger partial charge in [0.25, 0.3) is 0 Å². The first-order chi connectivity index (χ1) is 8.88. The van der Waals surface area contributed by atoms with E-state index in [0.29, 0.717) is 26.2 Å². The minimum absolute atomic E-state index is 0.0483. The molecule has 1 aliphatic rings. The first-order valence-electron chi connectivity index (χ1n) is 7.00. The molecule has 1 unspecified atom stereocenters. The molecule has 0 spiro atoms. The van der Waals surface area contributed by atoms with Gasteiger partial charge in [-0.15, -0.1) is 0 Å². The van der Waals surface area contributed by atoms with Crippen LogP contribution < -0.4 is 5.32 Å². The van der Waals surface area contributed by atoms with Crippen molar-refractivity contribution in [2.45, 2.75) is 34.1 Å². The van der Waals surface area contributed by atoms with Gasteiger partial charge in [0.05, 0.1) is 25.7 Å². The highest BCUT2D eigenvalue weighted by Crippen LogP contribution is 2.35. The maximum absolute atomic E-state index is 12.2. The summed E-state index contributed by atoms with van der Waals surface area (Å²) in [6.07, 6.45) is 0.333. The standard InChI is InChI=1S/C14H26N2O3/c1-5-15-6-8-19-9-7-16-12(17)10-11(13(16)18)14(2,3)4/h11,15H,5-10H2,1-4H3. The Morgan fingerprint density at radius 1 is 1.32 bits per heavy atom. The summed E-state index contributed by atoms with van der Waals surface area (Å²) in [4.78, 5) is 25.4. The number of carbonyl (C=O) groups excluding carboxylic acids is 2. The van der Waals surface area contributed by atoms with Gasteiger partial charge in [-0.25, -0.2) is 0 Å². The first-order valence-corrected chi connectivity index (χ1v) is 7.00. The second kappa shape index (κ2) is 7.01. The van der Waals surface area contributed by atoms with Crippen LogP contribution in [0.3, 0.4) is 0 Å². The number of hydrogen-bond donors (Lipinski definition) is 1. The Morgan fingerprint density at radius 2 is 2.00 bits per heavy atom. The highest BCUT2D eigenvalue weighted by atomic mass is 16.5. The zero-order valence-corrected chi connectivity index (χ0v) is 12.5. The molecular formula is C14H26N2O3. The summed E-state index contributed by atoms with van der Waals surface area (Å²) >= 11 is 0. The predicted molar refractivity (Wildman–Crippen MR) is 73.6 cm³/mol. The molecule has 0 aliphatic carbocycles. The van der Waals surface area contributed by atoms with Crippen molar-refractivity contribution in [1.82, 2.24) is 10.2 Å². The lowest BCUT2D eigenvalue weighted by molar-refractivity contribution is -0.141. The normalized spacial score (nSPS) is 20.4. The smallest absolute Gasteiger partial charge is 0.233 e. The van der Waals surface area contributed by atoms with Crippen LogP contribution in [0.2, 0.25) is 0 Å². The summed E-state index contributed by atoms with van der Waals surface area (Å²) < 4.78 is 5.41. The van der Waals surface area contributed by atoms with Crippen LogP contribution in [-0.4, -0.2) is 49.6 Å². The topological polar surface area (TPSA) is 58.6 Å². The highest BCUT2D eigenvalue weighted by Gasteiger charge is 2.44. The van der Waals surface area contributed by atoms with Crippen molar-refractivity contribution in [3.8, 4) is 0 Å². The molecule has 19 heavy (non-hydrogen) atoms. The summed E-state index contributed by atoms with van der Waals surface area (Å²) in [7, 11) is 0. The van der Waals surface area contributed by atoms with E-state index in [-0.39, 0.29) is 23.1 Å². The van der Waals surface area contributed by atoms with Gasteiger partial charge in [0, 0.05) is 13.0 Å². The van der Waals surface area contributed by atoms with Crippen LogP contribution in [0.1, 0.15) is 34.1 Å². The molecule has 1 heterocycles. The van der Waals surface area contributed by atoms with Gasteiger partial charge in [-0.3, -0.25) is 14.5 Å². The predicted octanol–water partition coefficient (Wildman–Crippen LogP) is 1.03. The van der Waals surface area contributed by atoms with E-state index in [4.69, 9.17) is 4.74 Å². The van der Waals surface area contributed by atoms with E-state index in [1.54, 1.807) is 0 Å². The maximum atomic E-state index is 12.2. The van der Waals surface area contributed by atoms with Gasteiger partial charge in [-0.05, 0) is 12.0 Å². The van der Waals surface area contributed by atoms with Crippen molar-refractivity contribution < 1.29 is 14.3 Å². The monoisotopic (exact) mass is 270 g/mol. The molecule has 5 heteroatoms. The largest absolute Gasteiger partial charge is 0.378 e. The molecule has 0 aromatic heterocycles. The molecule has 0 bridgehead atoms. The summed E-state index contributed by atoms with van der Waals surface area (Å²) in [6.45, 7) is 11.1. The summed E-state index contributed by atoms with van der Waals surface area (Å²) in [5, 5.41) is 3.15. The van der Waals surface area contributed by atoms with Crippen molar-refractivity contribution in [1.29, 1.82) is 0 Å². The Hall–Kier alpha value is -0.940. The van der Waals surface area contributed by atoms with E-state index < -0.39 is 0 Å². The van der Waals surface area contributed by atoms with Crippen LogP contribution in [0.4, 0.5) is 0 Å². The number of likely N-dealkylation sites (N-methyl/N-ethyl adjacent to an activating group) is 1. The minimum atomic E-state index is -0.193. The van der Waals surface area contributed by atoms with E-state index in [1.807, 2.05) is 27.7 Å². The van der Waals surface area contributed by atoms with E-state index in [9.17, 15) is 9.59 Å². The molecule has 0 aromatic rings. The number of ether oxygens (including phenoxy) is 1. The van der Waals surface area contributed by atoms with Crippen molar-refractivity contribution in [2.24, 2.45) is 11.3 Å². The van der Waals surface area contributed by atoms with Crippen molar-refractivity contribution in [3.05, 3.63) is 0 Å².